The Kier molecular flexibility index (Phi) is 5.68. The van der Waals surface area contributed by atoms with Crippen LogP contribution in [0.4, 0.5) is 11.4 Å². The molecule has 0 fully saturated rings. The number of nitrogens with zero attached hydrogens (tertiary/aromatic N) is 1. The lowest BCUT2D eigenvalue weighted by atomic mass is 9.89. The van der Waals surface area contributed by atoms with Crippen molar-refractivity contribution in [2.45, 2.75) is 0 Å². The van der Waals surface area contributed by atoms with E-state index in [1.165, 1.54) is 13.2 Å². The summed E-state index contributed by atoms with van der Waals surface area (Å²) >= 11 is 6.02. The molecule has 174 valence electrons. The zero-order valence-corrected chi connectivity index (χ0v) is 19.1. The second-order valence-corrected chi connectivity index (χ2v) is 8.12. The van der Waals surface area contributed by atoms with Crippen LogP contribution in [0.1, 0.15) is 11.1 Å². The highest BCUT2D eigenvalue weighted by atomic mass is 35.5. The molecule has 1 amide bonds. The molecule has 1 aliphatic carbocycles. The first kappa shape index (κ1) is 22.2. The standard InChI is InChI=1S/C25H18ClN5O4/c1-35-21-11-14(26)6-8-19(21)30-31-22-16-5-3-2-4-13(16)10-17(23(22)32)24(33)27-15-7-9-18-20(12-15)29-25(34)28-18/h2-12,30H,1H3,(H,27,33)(H2,28,29,34)/b31-22-. The van der Waals surface area contributed by atoms with Crippen LogP contribution in [-0.4, -0.2) is 34.5 Å². The van der Waals surface area contributed by atoms with Crippen LogP contribution >= 0.6 is 11.6 Å². The predicted molar refractivity (Wildman–Crippen MR) is 135 cm³/mol. The highest BCUT2D eigenvalue weighted by Crippen LogP contribution is 2.29. The van der Waals surface area contributed by atoms with Crippen molar-refractivity contribution < 1.29 is 14.3 Å². The Hall–Kier alpha value is -4.63. The first-order valence-corrected chi connectivity index (χ1v) is 10.9. The van der Waals surface area contributed by atoms with E-state index < -0.39 is 11.7 Å². The Morgan fingerprint density at radius 3 is 2.63 bits per heavy atom. The first-order chi connectivity index (χ1) is 16.9. The monoisotopic (exact) mass is 487 g/mol. The Bertz CT molecular complexity index is 1620. The summed E-state index contributed by atoms with van der Waals surface area (Å²) in [5, 5.41) is 7.53. The molecule has 9 nitrogen and oxygen atoms in total. The molecular formula is C25H18ClN5O4. The number of aromatic amines is 2. The number of imidazole rings is 1. The number of carbonyl (C=O) groups is 2. The van der Waals surface area contributed by atoms with Crippen LogP contribution in [0.15, 0.2) is 76.1 Å². The third kappa shape index (κ3) is 4.32. The normalized spacial score (nSPS) is 13.9. The van der Waals surface area contributed by atoms with Crippen molar-refractivity contribution in [1.29, 1.82) is 0 Å². The molecule has 0 saturated carbocycles. The number of rotatable bonds is 5. The second kappa shape index (κ2) is 8.96. The van der Waals surface area contributed by atoms with Gasteiger partial charge in [-0.25, -0.2) is 4.79 Å². The van der Waals surface area contributed by atoms with E-state index in [-0.39, 0.29) is 17.0 Å². The number of halogens is 1. The molecule has 4 N–H and O–H groups in total. The summed E-state index contributed by atoms with van der Waals surface area (Å²) in [6.45, 7) is 0. The highest BCUT2D eigenvalue weighted by Gasteiger charge is 2.30. The number of ether oxygens (including phenoxy) is 1. The molecule has 4 aromatic rings. The van der Waals surface area contributed by atoms with Gasteiger partial charge in [-0.15, -0.1) is 0 Å². The summed E-state index contributed by atoms with van der Waals surface area (Å²) in [7, 11) is 1.50. The number of amides is 1. The minimum atomic E-state index is -0.599. The fourth-order valence-corrected chi connectivity index (χ4v) is 3.93. The molecule has 0 bridgehead atoms. The van der Waals surface area contributed by atoms with Crippen molar-refractivity contribution in [2.24, 2.45) is 5.10 Å². The number of Topliss-reactive ketones (excluding diaryl/α,β-unsaturated/α-hetero) is 1. The van der Waals surface area contributed by atoms with Gasteiger partial charge >= 0.3 is 5.69 Å². The van der Waals surface area contributed by atoms with Gasteiger partial charge in [-0.3, -0.25) is 15.0 Å². The number of H-pyrrole nitrogens is 2. The van der Waals surface area contributed by atoms with Crippen molar-refractivity contribution in [1.82, 2.24) is 9.97 Å². The van der Waals surface area contributed by atoms with E-state index in [9.17, 15) is 14.4 Å². The minimum Gasteiger partial charge on any atom is -0.494 e. The molecule has 3 aromatic carbocycles. The van der Waals surface area contributed by atoms with Crippen molar-refractivity contribution in [3.8, 4) is 5.75 Å². The topological polar surface area (TPSA) is 128 Å². The Balaban J connectivity index is 1.47. The van der Waals surface area contributed by atoms with Gasteiger partial charge in [0.15, 0.2) is 0 Å². The van der Waals surface area contributed by atoms with Crippen LogP contribution in [0.3, 0.4) is 0 Å². The zero-order chi connectivity index (χ0) is 24.5. The van der Waals surface area contributed by atoms with Crippen LogP contribution < -0.4 is 21.2 Å². The van der Waals surface area contributed by atoms with E-state index in [1.807, 2.05) is 6.07 Å². The van der Waals surface area contributed by atoms with Gasteiger partial charge in [0.25, 0.3) is 5.91 Å². The van der Waals surface area contributed by atoms with E-state index in [0.717, 1.165) is 0 Å². The van der Waals surface area contributed by atoms with Crippen LogP contribution in [0.25, 0.3) is 17.1 Å². The summed E-state index contributed by atoms with van der Waals surface area (Å²) in [5.74, 6) is -0.693. The maximum Gasteiger partial charge on any atom is 0.323 e. The lowest BCUT2D eigenvalue weighted by molar-refractivity contribution is -0.116. The van der Waals surface area contributed by atoms with Crippen LogP contribution in [-0.2, 0) is 9.59 Å². The van der Waals surface area contributed by atoms with Gasteiger partial charge in [-0.05, 0) is 42.0 Å². The molecule has 1 heterocycles. The average Bonchev–Trinajstić information content (AvgIpc) is 3.23. The quantitative estimate of drug-likeness (QED) is 0.250. The molecule has 0 unspecified atom stereocenters. The summed E-state index contributed by atoms with van der Waals surface area (Å²) in [5.41, 5.74) is 5.83. The van der Waals surface area contributed by atoms with Gasteiger partial charge in [0, 0.05) is 22.3 Å². The third-order valence-corrected chi connectivity index (χ3v) is 5.68. The van der Waals surface area contributed by atoms with Crippen LogP contribution in [0.2, 0.25) is 5.02 Å². The molecule has 0 aliphatic heterocycles. The molecule has 1 aromatic heterocycles. The maximum atomic E-state index is 13.4. The van der Waals surface area contributed by atoms with Gasteiger partial charge in [0.1, 0.15) is 11.5 Å². The Morgan fingerprint density at radius 1 is 1.00 bits per heavy atom. The molecular weight excluding hydrogens is 470 g/mol. The van der Waals surface area contributed by atoms with Gasteiger partial charge in [-0.1, -0.05) is 35.9 Å². The van der Waals surface area contributed by atoms with E-state index in [2.05, 4.69) is 25.8 Å². The Morgan fingerprint density at radius 2 is 1.80 bits per heavy atom. The molecule has 0 spiro atoms. The lowest BCUT2D eigenvalue weighted by Gasteiger charge is -2.18. The number of hydrazone groups is 1. The maximum absolute atomic E-state index is 13.4. The number of hydrogen-bond acceptors (Lipinski definition) is 6. The van der Waals surface area contributed by atoms with E-state index in [0.29, 0.717) is 44.3 Å². The summed E-state index contributed by atoms with van der Waals surface area (Å²) in [4.78, 5) is 43.2. The number of ketones is 1. The molecule has 35 heavy (non-hydrogen) atoms. The molecule has 0 radical (unpaired) electrons. The molecule has 10 heteroatoms. The summed E-state index contributed by atoms with van der Waals surface area (Å²) < 4.78 is 5.32. The number of nitrogens with one attached hydrogen (secondary N) is 4. The fourth-order valence-electron chi connectivity index (χ4n) is 3.77. The zero-order valence-electron chi connectivity index (χ0n) is 18.3. The van der Waals surface area contributed by atoms with Crippen LogP contribution in [0.5, 0.6) is 5.75 Å². The first-order valence-electron chi connectivity index (χ1n) is 10.5. The van der Waals surface area contributed by atoms with Crippen molar-refractivity contribution in [2.75, 3.05) is 17.9 Å². The molecule has 1 aliphatic rings. The van der Waals surface area contributed by atoms with Crippen molar-refractivity contribution in [3.63, 3.8) is 0 Å². The smallest absolute Gasteiger partial charge is 0.323 e. The number of carbonyl (C=O) groups excluding carboxylic acids is 2. The lowest BCUT2D eigenvalue weighted by Crippen LogP contribution is -2.30. The van der Waals surface area contributed by atoms with Gasteiger partial charge in [-0.2, -0.15) is 5.10 Å². The number of aromatic nitrogens is 2. The van der Waals surface area contributed by atoms with Crippen molar-refractivity contribution >= 4 is 57.5 Å². The Labute approximate surface area is 203 Å². The molecule has 5 rings (SSSR count). The predicted octanol–water partition coefficient (Wildman–Crippen LogP) is 3.94. The SMILES string of the molecule is COc1cc(Cl)ccc1N/N=C1\C(=O)C(C(=O)Nc2ccc3[nH]c(=O)[nH]c3c2)=Cc2ccccc21. The summed E-state index contributed by atoms with van der Waals surface area (Å²) in [6, 6.07) is 17.0. The fraction of sp³-hybridized carbons (Fsp3) is 0.0400. The molecule has 0 saturated heterocycles. The van der Waals surface area contributed by atoms with E-state index in [4.69, 9.17) is 16.3 Å². The second-order valence-electron chi connectivity index (χ2n) is 7.68. The largest absolute Gasteiger partial charge is 0.494 e. The average molecular weight is 488 g/mol. The minimum absolute atomic E-state index is 0.0741. The third-order valence-electron chi connectivity index (χ3n) is 5.45. The number of anilines is 2. The highest BCUT2D eigenvalue weighted by molar-refractivity contribution is 6.59. The number of methoxy groups -OCH3 is 1. The van der Waals surface area contributed by atoms with Gasteiger partial charge in [0.2, 0.25) is 5.78 Å². The van der Waals surface area contributed by atoms with Crippen molar-refractivity contribution in [3.05, 3.63) is 92.9 Å². The number of benzene rings is 3. The molecule has 0 atom stereocenters. The summed E-state index contributed by atoms with van der Waals surface area (Å²) in [6.07, 6.45) is 1.53. The number of fused-ring (bicyclic) bond motifs is 2. The van der Waals surface area contributed by atoms with Gasteiger partial charge < -0.3 is 20.0 Å². The van der Waals surface area contributed by atoms with E-state index in [1.54, 1.807) is 54.6 Å². The van der Waals surface area contributed by atoms with Crippen LogP contribution in [0, 0.1) is 0 Å². The van der Waals surface area contributed by atoms with E-state index >= 15 is 0 Å². The number of hydrogen-bond donors (Lipinski definition) is 4. The van der Waals surface area contributed by atoms with Gasteiger partial charge in [0.05, 0.1) is 29.4 Å².